The molecule has 3 aromatic rings. The molecule has 90 valence electrons. The molecule has 0 amide bonds. The highest BCUT2D eigenvalue weighted by atomic mass is 14.8. The molecule has 2 nitrogen and oxygen atoms in total. The van der Waals surface area contributed by atoms with E-state index in [0.717, 1.165) is 17.6 Å². The first-order chi connectivity index (χ1) is 8.75. The molecule has 1 aromatic carbocycles. The molecule has 2 heteroatoms. The highest BCUT2D eigenvalue weighted by Crippen LogP contribution is 2.26. The third-order valence-corrected chi connectivity index (χ3v) is 3.21. The van der Waals surface area contributed by atoms with E-state index in [1.807, 2.05) is 6.20 Å². The van der Waals surface area contributed by atoms with Gasteiger partial charge in [0, 0.05) is 28.9 Å². The van der Waals surface area contributed by atoms with E-state index in [-0.39, 0.29) is 0 Å². The van der Waals surface area contributed by atoms with Crippen LogP contribution in [-0.4, -0.2) is 9.97 Å². The van der Waals surface area contributed by atoms with Crippen molar-refractivity contribution in [2.45, 2.75) is 20.3 Å². The van der Waals surface area contributed by atoms with Crippen LogP contribution in [0.1, 0.15) is 19.5 Å². The van der Waals surface area contributed by atoms with Crippen LogP contribution in [0.5, 0.6) is 0 Å². The van der Waals surface area contributed by atoms with Gasteiger partial charge in [0.25, 0.3) is 0 Å². The van der Waals surface area contributed by atoms with Crippen LogP contribution in [0.25, 0.3) is 21.8 Å². The van der Waals surface area contributed by atoms with Gasteiger partial charge in [-0.05, 0) is 26.0 Å². The van der Waals surface area contributed by atoms with Gasteiger partial charge in [-0.15, -0.1) is 0 Å². The fourth-order valence-corrected chi connectivity index (χ4v) is 2.29. The molecule has 0 saturated carbocycles. The number of aromatic amines is 1. The standard InChI is InChI=1S/C16H16N2/c1-11(2)7-8-15-16-13(9-10-17-15)12-5-3-4-6-14(12)18-16/h3-7,9-10,18H,8H2,1-2H3. The maximum atomic E-state index is 4.50. The third-order valence-electron chi connectivity index (χ3n) is 3.21. The van der Waals surface area contributed by atoms with Crippen molar-refractivity contribution in [2.24, 2.45) is 0 Å². The van der Waals surface area contributed by atoms with Crippen molar-refractivity contribution in [1.29, 1.82) is 0 Å². The van der Waals surface area contributed by atoms with E-state index in [9.17, 15) is 0 Å². The molecule has 0 unspecified atom stereocenters. The maximum absolute atomic E-state index is 4.50. The van der Waals surface area contributed by atoms with Crippen molar-refractivity contribution in [3.05, 3.63) is 53.9 Å². The Labute approximate surface area is 106 Å². The van der Waals surface area contributed by atoms with E-state index in [2.05, 4.69) is 60.2 Å². The third kappa shape index (κ3) is 1.80. The highest BCUT2D eigenvalue weighted by Gasteiger charge is 2.07. The normalized spacial score (nSPS) is 11.0. The lowest BCUT2D eigenvalue weighted by Gasteiger charge is -1.99. The number of hydrogen-bond acceptors (Lipinski definition) is 1. The number of benzene rings is 1. The van der Waals surface area contributed by atoms with Crippen molar-refractivity contribution < 1.29 is 0 Å². The average molecular weight is 236 g/mol. The number of nitrogens with one attached hydrogen (secondary N) is 1. The molecule has 18 heavy (non-hydrogen) atoms. The van der Waals surface area contributed by atoms with Gasteiger partial charge in [-0.25, -0.2) is 0 Å². The average Bonchev–Trinajstić information content (AvgIpc) is 2.75. The molecule has 0 fully saturated rings. The molecule has 2 aromatic heterocycles. The Bertz CT molecular complexity index is 731. The van der Waals surface area contributed by atoms with Gasteiger partial charge in [-0.1, -0.05) is 29.8 Å². The molecule has 2 heterocycles. The van der Waals surface area contributed by atoms with Crippen molar-refractivity contribution in [3.63, 3.8) is 0 Å². The second kappa shape index (κ2) is 4.30. The van der Waals surface area contributed by atoms with E-state index in [4.69, 9.17) is 0 Å². The van der Waals surface area contributed by atoms with Gasteiger partial charge in [0.15, 0.2) is 0 Å². The van der Waals surface area contributed by atoms with E-state index in [1.54, 1.807) is 0 Å². The summed E-state index contributed by atoms with van der Waals surface area (Å²) in [6, 6.07) is 10.5. The van der Waals surface area contributed by atoms with Crippen LogP contribution in [0.3, 0.4) is 0 Å². The van der Waals surface area contributed by atoms with Gasteiger partial charge in [0.05, 0.1) is 11.2 Å². The number of aromatic nitrogens is 2. The first-order valence-corrected chi connectivity index (χ1v) is 6.23. The minimum atomic E-state index is 0.881. The largest absolute Gasteiger partial charge is 0.353 e. The monoisotopic (exact) mass is 236 g/mol. The summed E-state index contributed by atoms with van der Waals surface area (Å²) in [6.45, 7) is 4.23. The fourth-order valence-electron chi connectivity index (χ4n) is 2.29. The smallest absolute Gasteiger partial charge is 0.0687 e. The van der Waals surface area contributed by atoms with Crippen LogP contribution >= 0.6 is 0 Å². The fraction of sp³-hybridized carbons (Fsp3) is 0.188. The first kappa shape index (κ1) is 11.0. The Morgan fingerprint density at radius 3 is 2.83 bits per heavy atom. The zero-order chi connectivity index (χ0) is 12.5. The van der Waals surface area contributed by atoms with Gasteiger partial charge in [0.1, 0.15) is 0 Å². The minimum absolute atomic E-state index is 0.881. The number of para-hydroxylation sites is 1. The molecule has 0 spiro atoms. The van der Waals surface area contributed by atoms with E-state index in [1.165, 1.54) is 21.9 Å². The van der Waals surface area contributed by atoms with Gasteiger partial charge in [-0.3, -0.25) is 4.98 Å². The maximum Gasteiger partial charge on any atom is 0.0687 e. The topological polar surface area (TPSA) is 28.7 Å². The predicted molar refractivity (Wildman–Crippen MR) is 76.7 cm³/mol. The molecule has 0 atom stereocenters. The summed E-state index contributed by atoms with van der Waals surface area (Å²) in [6.07, 6.45) is 5.00. The molecule has 0 aliphatic carbocycles. The lowest BCUT2D eigenvalue weighted by Crippen LogP contribution is -1.89. The zero-order valence-electron chi connectivity index (χ0n) is 10.7. The lowest BCUT2D eigenvalue weighted by atomic mass is 10.1. The summed E-state index contributed by atoms with van der Waals surface area (Å²) in [4.78, 5) is 7.98. The number of hydrogen-bond donors (Lipinski definition) is 1. The number of fused-ring (bicyclic) bond motifs is 3. The quantitative estimate of drug-likeness (QED) is 0.663. The molecule has 0 aliphatic heterocycles. The van der Waals surface area contributed by atoms with Crippen molar-refractivity contribution in [2.75, 3.05) is 0 Å². The number of pyridine rings is 1. The first-order valence-electron chi connectivity index (χ1n) is 6.23. The molecule has 0 saturated heterocycles. The summed E-state index contributed by atoms with van der Waals surface area (Å²) in [5, 5.41) is 2.53. The molecule has 1 N–H and O–H groups in total. The zero-order valence-corrected chi connectivity index (χ0v) is 10.7. The Balaban J connectivity index is 2.24. The van der Waals surface area contributed by atoms with Gasteiger partial charge < -0.3 is 4.98 Å². The van der Waals surface area contributed by atoms with Gasteiger partial charge in [-0.2, -0.15) is 0 Å². The number of rotatable bonds is 2. The highest BCUT2D eigenvalue weighted by molar-refractivity contribution is 6.07. The summed E-state index contributed by atoms with van der Waals surface area (Å²) >= 11 is 0. The molecule has 0 radical (unpaired) electrons. The summed E-state index contributed by atoms with van der Waals surface area (Å²) in [5.74, 6) is 0. The van der Waals surface area contributed by atoms with Crippen LogP contribution in [0.4, 0.5) is 0 Å². The van der Waals surface area contributed by atoms with E-state index >= 15 is 0 Å². The summed E-state index contributed by atoms with van der Waals surface area (Å²) < 4.78 is 0. The molecule has 0 bridgehead atoms. The van der Waals surface area contributed by atoms with Crippen molar-refractivity contribution >= 4 is 21.8 Å². The summed E-state index contributed by atoms with van der Waals surface area (Å²) in [7, 11) is 0. The number of H-pyrrole nitrogens is 1. The van der Waals surface area contributed by atoms with E-state index < -0.39 is 0 Å². The summed E-state index contributed by atoms with van der Waals surface area (Å²) in [5.41, 5.74) is 4.78. The van der Waals surface area contributed by atoms with E-state index in [0.29, 0.717) is 0 Å². The molecular weight excluding hydrogens is 220 g/mol. The van der Waals surface area contributed by atoms with Crippen molar-refractivity contribution in [3.8, 4) is 0 Å². The number of allylic oxidation sites excluding steroid dienone is 2. The van der Waals surface area contributed by atoms with Crippen LogP contribution in [0.15, 0.2) is 48.2 Å². The van der Waals surface area contributed by atoms with Crippen molar-refractivity contribution in [1.82, 2.24) is 9.97 Å². The minimum Gasteiger partial charge on any atom is -0.353 e. The van der Waals surface area contributed by atoms with Gasteiger partial charge in [0.2, 0.25) is 0 Å². The van der Waals surface area contributed by atoms with Crippen LogP contribution < -0.4 is 0 Å². The van der Waals surface area contributed by atoms with Crippen LogP contribution in [-0.2, 0) is 6.42 Å². The molecular formula is C16H16N2. The second-order valence-corrected chi connectivity index (χ2v) is 4.84. The SMILES string of the molecule is CC(C)=CCc1nccc2c1[nH]c1ccccc12. The Morgan fingerprint density at radius 1 is 1.17 bits per heavy atom. The molecule has 0 aliphatic rings. The Morgan fingerprint density at radius 2 is 2.00 bits per heavy atom. The number of nitrogens with zero attached hydrogens (tertiary/aromatic N) is 1. The second-order valence-electron chi connectivity index (χ2n) is 4.84. The lowest BCUT2D eigenvalue weighted by molar-refractivity contribution is 1.11. The Hall–Kier alpha value is -2.09. The van der Waals surface area contributed by atoms with Crippen LogP contribution in [0.2, 0.25) is 0 Å². The predicted octanol–water partition coefficient (Wildman–Crippen LogP) is 4.22. The molecule has 3 rings (SSSR count). The Kier molecular flexibility index (Phi) is 2.63. The van der Waals surface area contributed by atoms with Crippen LogP contribution in [0, 0.1) is 0 Å². The van der Waals surface area contributed by atoms with Gasteiger partial charge >= 0.3 is 0 Å².